The fraction of sp³-hybridized carbons (Fsp3) is 0.611. The lowest BCUT2D eigenvalue weighted by atomic mass is 9.86. The molecular weight excluding hydrogens is 292 g/mol. The number of aryl methyl sites for hydroxylation is 1. The van der Waals surface area contributed by atoms with Crippen molar-refractivity contribution in [3.8, 4) is 0 Å². The molecule has 0 amide bonds. The molecule has 2 aliphatic rings. The Balaban J connectivity index is 1.95. The molecule has 1 atom stereocenters. The highest BCUT2D eigenvalue weighted by atomic mass is 16.6. The van der Waals surface area contributed by atoms with Gasteiger partial charge >= 0.3 is 0 Å². The van der Waals surface area contributed by atoms with Crippen LogP contribution in [0.15, 0.2) is 18.2 Å². The van der Waals surface area contributed by atoms with E-state index in [-0.39, 0.29) is 22.4 Å². The predicted octanol–water partition coefficient (Wildman–Crippen LogP) is 4.03. The molecule has 1 aromatic rings. The minimum Gasteiger partial charge on any atom is -0.365 e. The zero-order chi connectivity index (χ0) is 16.4. The first kappa shape index (κ1) is 16.0. The average Bonchev–Trinajstić information content (AvgIpc) is 2.54. The van der Waals surface area contributed by atoms with E-state index in [2.05, 4.69) is 4.90 Å². The lowest BCUT2D eigenvalue weighted by Crippen LogP contribution is -2.48. The minimum atomic E-state index is -0.327. The van der Waals surface area contributed by atoms with Crippen molar-refractivity contribution in [3.05, 3.63) is 33.9 Å². The highest BCUT2D eigenvalue weighted by molar-refractivity contribution is 5.77. The normalized spacial score (nSPS) is 21.8. The molecule has 5 heteroatoms. The molecule has 23 heavy (non-hydrogen) atoms. The summed E-state index contributed by atoms with van der Waals surface area (Å²) < 4.78 is 0. The molecule has 5 nitrogen and oxygen atoms in total. The monoisotopic (exact) mass is 316 g/mol. The van der Waals surface area contributed by atoms with E-state index >= 15 is 0 Å². The van der Waals surface area contributed by atoms with Gasteiger partial charge in [0, 0.05) is 36.3 Å². The van der Waals surface area contributed by atoms with E-state index in [1.165, 1.54) is 19.3 Å². The highest BCUT2D eigenvalue weighted by Crippen LogP contribution is 2.39. The third-order valence-corrected chi connectivity index (χ3v) is 5.18. The average molecular weight is 316 g/mol. The molecule has 0 saturated heterocycles. The van der Waals surface area contributed by atoms with Crippen molar-refractivity contribution in [1.82, 2.24) is 0 Å². The van der Waals surface area contributed by atoms with Gasteiger partial charge in [0.2, 0.25) is 0 Å². The number of non-ortho nitro benzene ring substituents is 1. The third-order valence-electron chi connectivity index (χ3n) is 5.18. The van der Waals surface area contributed by atoms with Crippen molar-refractivity contribution >= 4 is 17.2 Å². The quantitative estimate of drug-likeness (QED) is 0.621. The fourth-order valence-electron chi connectivity index (χ4n) is 4.18. The summed E-state index contributed by atoms with van der Waals surface area (Å²) in [5.41, 5.74) is 2.34. The van der Waals surface area contributed by atoms with Crippen LogP contribution in [0.3, 0.4) is 0 Å². The summed E-state index contributed by atoms with van der Waals surface area (Å²) in [5.74, 6) is 0.223. The first-order chi connectivity index (χ1) is 11.1. The number of hydrogen-bond donors (Lipinski definition) is 0. The number of rotatable bonds is 4. The Labute approximate surface area is 136 Å². The Morgan fingerprint density at radius 3 is 2.65 bits per heavy atom. The van der Waals surface area contributed by atoms with Crippen LogP contribution in [0.25, 0.3) is 0 Å². The molecule has 0 aromatic heterocycles. The molecule has 0 N–H and O–H groups in total. The van der Waals surface area contributed by atoms with E-state index in [9.17, 15) is 14.9 Å². The molecule has 1 aliphatic heterocycles. The number of hydrogen-bond acceptors (Lipinski definition) is 4. The van der Waals surface area contributed by atoms with Gasteiger partial charge in [0.25, 0.3) is 5.69 Å². The van der Waals surface area contributed by atoms with Crippen LogP contribution >= 0.6 is 0 Å². The number of carbonyl (C=O) groups is 1. The molecule has 0 spiro atoms. The minimum absolute atomic E-state index is 0.164. The Morgan fingerprint density at radius 1 is 1.26 bits per heavy atom. The SMILES string of the molecule is CC(=O)C[C@H]1CCc2cc([N+](=O)[O-])ccc2N1C1CCCCC1. The number of Topliss-reactive ketones (excluding diaryl/α,β-unsaturated/α-hetero) is 1. The molecule has 0 unspecified atom stereocenters. The third kappa shape index (κ3) is 3.38. The van der Waals surface area contributed by atoms with Crippen LogP contribution < -0.4 is 4.90 Å². The van der Waals surface area contributed by atoms with Crippen LogP contribution in [-0.4, -0.2) is 22.8 Å². The lowest BCUT2D eigenvalue weighted by Gasteiger charge is -2.45. The van der Waals surface area contributed by atoms with Gasteiger partial charge in [-0.15, -0.1) is 0 Å². The number of fused-ring (bicyclic) bond motifs is 1. The van der Waals surface area contributed by atoms with Crippen molar-refractivity contribution in [2.24, 2.45) is 0 Å². The largest absolute Gasteiger partial charge is 0.365 e. The number of nitro groups is 1. The predicted molar refractivity (Wildman–Crippen MR) is 89.9 cm³/mol. The molecule has 1 heterocycles. The smallest absolute Gasteiger partial charge is 0.269 e. The van der Waals surface area contributed by atoms with Crippen molar-refractivity contribution in [2.45, 2.75) is 70.4 Å². The topological polar surface area (TPSA) is 63.4 Å². The second-order valence-corrected chi connectivity index (χ2v) is 6.87. The summed E-state index contributed by atoms with van der Waals surface area (Å²) in [6.45, 7) is 1.66. The summed E-state index contributed by atoms with van der Waals surface area (Å²) in [7, 11) is 0. The second-order valence-electron chi connectivity index (χ2n) is 6.87. The lowest BCUT2D eigenvalue weighted by molar-refractivity contribution is -0.384. The summed E-state index contributed by atoms with van der Waals surface area (Å²) in [6.07, 6.45) is 8.37. The molecule has 1 saturated carbocycles. The van der Waals surface area contributed by atoms with Gasteiger partial charge in [0.05, 0.1) is 4.92 Å². The first-order valence-electron chi connectivity index (χ1n) is 8.61. The van der Waals surface area contributed by atoms with Crippen molar-refractivity contribution in [3.63, 3.8) is 0 Å². The molecule has 124 valence electrons. The number of nitrogens with zero attached hydrogens (tertiary/aromatic N) is 2. The van der Waals surface area contributed by atoms with Crippen LogP contribution in [0.4, 0.5) is 11.4 Å². The van der Waals surface area contributed by atoms with E-state index in [0.717, 1.165) is 36.9 Å². The van der Waals surface area contributed by atoms with Gasteiger partial charge < -0.3 is 4.90 Å². The number of ketones is 1. The molecule has 3 rings (SSSR count). The number of carbonyl (C=O) groups excluding carboxylic acids is 1. The highest BCUT2D eigenvalue weighted by Gasteiger charge is 2.33. The molecule has 1 aromatic carbocycles. The van der Waals surface area contributed by atoms with E-state index in [0.29, 0.717) is 12.5 Å². The Hall–Kier alpha value is -1.91. The van der Waals surface area contributed by atoms with Gasteiger partial charge in [-0.1, -0.05) is 19.3 Å². The zero-order valence-corrected chi connectivity index (χ0v) is 13.7. The summed E-state index contributed by atoms with van der Waals surface area (Å²) in [5, 5.41) is 11.0. The van der Waals surface area contributed by atoms with Crippen molar-refractivity contribution in [2.75, 3.05) is 4.90 Å². The fourth-order valence-corrected chi connectivity index (χ4v) is 4.18. The van der Waals surface area contributed by atoms with Gasteiger partial charge in [-0.2, -0.15) is 0 Å². The van der Waals surface area contributed by atoms with Crippen LogP contribution in [0, 0.1) is 10.1 Å². The van der Waals surface area contributed by atoms with E-state index in [1.807, 2.05) is 6.07 Å². The Morgan fingerprint density at radius 2 is 2.00 bits per heavy atom. The molecule has 0 bridgehead atoms. The second kappa shape index (κ2) is 6.69. The van der Waals surface area contributed by atoms with Crippen molar-refractivity contribution < 1.29 is 9.72 Å². The van der Waals surface area contributed by atoms with E-state index in [4.69, 9.17) is 0 Å². The van der Waals surface area contributed by atoms with Gasteiger partial charge in [0.15, 0.2) is 0 Å². The first-order valence-corrected chi connectivity index (χ1v) is 8.61. The number of benzene rings is 1. The molecule has 1 fully saturated rings. The van der Waals surface area contributed by atoms with E-state index < -0.39 is 0 Å². The maximum Gasteiger partial charge on any atom is 0.269 e. The van der Waals surface area contributed by atoms with Gasteiger partial charge in [0.1, 0.15) is 5.78 Å². The number of anilines is 1. The molecule has 1 aliphatic carbocycles. The van der Waals surface area contributed by atoms with Crippen LogP contribution in [0.1, 0.15) is 57.4 Å². The van der Waals surface area contributed by atoms with Gasteiger partial charge in [-0.3, -0.25) is 14.9 Å². The maximum atomic E-state index is 11.7. The summed E-state index contributed by atoms with van der Waals surface area (Å²) >= 11 is 0. The van der Waals surface area contributed by atoms with Crippen LogP contribution in [-0.2, 0) is 11.2 Å². The zero-order valence-electron chi connectivity index (χ0n) is 13.7. The molecule has 0 radical (unpaired) electrons. The van der Waals surface area contributed by atoms with Crippen LogP contribution in [0.5, 0.6) is 0 Å². The van der Waals surface area contributed by atoms with Crippen LogP contribution in [0.2, 0.25) is 0 Å². The number of nitro benzene ring substituents is 1. The van der Waals surface area contributed by atoms with Crippen molar-refractivity contribution in [1.29, 1.82) is 0 Å². The van der Waals surface area contributed by atoms with E-state index in [1.54, 1.807) is 19.1 Å². The summed E-state index contributed by atoms with van der Waals surface area (Å²) in [4.78, 5) is 24.8. The summed E-state index contributed by atoms with van der Waals surface area (Å²) in [6, 6.07) is 5.92. The standard InChI is InChI=1S/C18H24N2O3/c1-13(21)11-16-8-7-14-12-17(20(22)23)9-10-18(14)19(16)15-5-3-2-4-6-15/h9-10,12,15-16H,2-8,11H2,1H3/t16-/m1/s1. The Kier molecular flexibility index (Phi) is 4.64. The Bertz CT molecular complexity index is 608. The maximum absolute atomic E-state index is 11.7. The molecular formula is C18H24N2O3. The van der Waals surface area contributed by atoms with Gasteiger partial charge in [-0.05, 0) is 44.2 Å². The van der Waals surface area contributed by atoms with Gasteiger partial charge in [-0.25, -0.2) is 0 Å².